The number of carbonyl (C=O) groups excluding carboxylic acids is 1. The number of rotatable bonds is 3. The summed E-state index contributed by atoms with van der Waals surface area (Å²) >= 11 is 5.71. The molecule has 1 unspecified atom stereocenters. The standard InChI is InChI=1S/C12H14ClF3N2O/c1-6(2)9(17)11(19)18-10-7(12(14,15)16)4-3-5-8(10)13/h3-6,9H,17H2,1-2H3,(H,18,19). The lowest BCUT2D eigenvalue weighted by Crippen LogP contribution is -2.40. The summed E-state index contributed by atoms with van der Waals surface area (Å²) in [6, 6.07) is 2.39. The number of alkyl halides is 3. The van der Waals surface area contributed by atoms with Gasteiger partial charge in [0.05, 0.1) is 22.3 Å². The molecule has 1 rings (SSSR count). The van der Waals surface area contributed by atoms with Crippen LogP contribution in [0.5, 0.6) is 0 Å². The van der Waals surface area contributed by atoms with E-state index in [2.05, 4.69) is 5.32 Å². The number of halogens is 4. The number of carbonyl (C=O) groups is 1. The maximum absolute atomic E-state index is 12.8. The van der Waals surface area contributed by atoms with Crippen molar-refractivity contribution >= 4 is 23.2 Å². The molecule has 0 aliphatic rings. The molecule has 0 fully saturated rings. The topological polar surface area (TPSA) is 55.1 Å². The summed E-state index contributed by atoms with van der Waals surface area (Å²) in [7, 11) is 0. The summed E-state index contributed by atoms with van der Waals surface area (Å²) < 4.78 is 38.4. The molecule has 3 N–H and O–H groups in total. The van der Waals surface area contributed by atoms with Crippen molar-refractivity contribution in [2.45, 2.75) is 26.1 Å². The number of para-hydroxylation sites is 1. The molecule has 7 heteroatoms. The van der Waals surface area contributed by atoms with Crippen LogP contribution in [0.25, 0.3) is 0 Å². The molecule has 0 heterocycles. The molecule has 106 valence electrons. The predicted octanol–water partition coefficient (Wildman–Crippen LogP) is 3.28. The van der Waals surface area contributed by atoms with Gasteiger partial charge in [0, 0.05) is 0 Å². The third-order valence-corrected chi connectivity index (χ3v) is 2.90. The van der Waals surface area contributed by atoms with Gasteiger partial charge in [-0.15, -0.1) is 0 Å². The lowest BCUT2D eigenvalue weighted by atomic mass is 10.0. The van der Waals surface area contributed by atoms with Crippen LogP contribution in [-0.2, 0) is 11.0 Å². The number of benzene rings is 1. The SMILES string of the molecule is CC(C)C(N)C(=O)Nc1c(Cl)cccc1C(F)(F)F. The lowest BCUT2D eigenvalue weighted by molar-refractivity contribution is -0.137. The molecule has 1 aromatic carbocycles. The smallest absolute Gasteiger partial charge is 0.323 e. The fraction of sp³-hybridized carbons (Fsp3) is 0.417. The summed E-state index contributed by atoms with van der Waals surface area (Å²) in [6.07, 6.45) is -4.60. The van der Waals surface area contributed by atoms with Gasteiger partial charge in [-0.1, -0.05) is 31.5 Å². The van der Waals surface area contributed by atoms with Crippen LogP contribution in [0, 0.1) is 5.92 Å². The average molecular weight is 295 g/mol. The third kappa shape index (κ3) is 3.84. The zero-order valence-electron chi connectivity index (χ0n) is 10.4. The number of nitrogens with one attached hydrogen (secondary N) is 1. The molecule has 0 aromatic heterocycles. The van der Waals surface area contributed by atoms with E-state index in [1.165, 1.54) is 12.1 Å². The number of amides is 1. The Kier molecular flexibility index (Phi) is 4.81. The highest BCUT2D eigenvalue weighted by atomic mass is 35.5. The van der Waals surface area contributed by atoms with Crippen LogP contribution in [-0.4, -0.2) is 11.9 Å². The maximum atomic E-state index is 12.8. The predicted molar refractivity (Wildman–Crippen MR) is 67.9 cm³/mol. The summed E-state index contributed by atoms with van der Waals surface area (Å²) in [5.74, 6) is -0.898. The zero-order valence-corrected chi connectivity index (χ0v) is 11.1. The normalized spacial score (nSPS) is 13.5. The fourth-order valence-corrected chi connectivity index (χ4v) is 1.62. The molecule has 0 radical (unpaired) electrons. The number of hydrogen-bond donors (Lipinski definition) is 2. The number of nitrogens with two attached hydrogens (primary N) is 1. The highest BCUT2D eigenvalue weighted by Gasteiger charge is 2.35. The molecular formula is C12H14ClF3N2O. The van der Waals surface area contributed by atoms with E-state index in [9.17, 15) is 18.0 Å². The van der Waals surface area contributed by atoms with Crippen molar-refractivity contribution in [2.24, 2.45) is 11.7 Å². The van der Waals surface area contributed by atoms with Gasteiger partial charge in [-0.2, -0.15) is 13.2 Å². The Morgan fingerprint density at radius 3 is 2.42 bits per heavy atom. The molecule has 0 spiro atoms. The summed E-state index contributed by atoms with van der Waals surface area (Å²) in [5.41, 5.74) is 4.12. The molecule has 0 aliphatic heterocycles. The monoisotopic (exact) mass is 294 g/mol. The van der Waals surface area contributed by atoms with E-state index in [1.807, 2.05) is 0 Å². The van der Waals surface area contributed by atoms with Gasteiger partial charge in [-0.25, -0.2) is 0 Å². The van der Waals surface area contributed by atoms with Crippen molar-refractivity contribution in [2.75, 3.05) is 5.32 Å². The van der Waals surface area contributed by atoms with E-state index in [0.717, 1.165) is 6.07 Å². The van der Waals surface area contributed by atoms with E-state index in [1.54, 1.807) is 13.8 Å². The van der Waals surface area contributed by atoms with Crippen LogP contribution >= 0.6 is 11.6 Å². The molecule has 1 aromatic rings. The van der Waals surface area contributed by atoms with Crippen LogP contribution in [0.15, 0.2) is 18.2 Å². The highest BCUT2D eigenvalue weighted by Crippen LogP contribution is 2.38. The van der Waals surface area contributed by atoms with Crippen molar-refractivity contribution in [3.05, 3.63) is 28.8 Å². The molecule has 19 heavy (non-hydrogen) atoms. The summed E-state index contributed by atoms with van der Waals surface area (Å²) in [6.45, 7) is 3.39. The Balaban J connectivity index is 3.11. The molecule has 0 saturated carbocycles. The van der Waals surface area contributed by atoms with Gasteiger partial charge in [0.1, 0.15) is 0 Å². The molecule has 3 nitrogen and oxygen atoms in total. The minimum atomic E-state index is -4.60. The fourth-order valence-electron chi connectivity index (χ4n) is 1.40. The van der Waals surface area contributed by atoms with E-state index in [0.29, 0.717) is 0 Å². The first-order valence-corrected chi connectivity index (χ1v) is 5.94. The lowest BCUT2D eigenvalue weighted by Gasteiger charge is -2.19. The highest BCUT2D eigenvalue weighted by molar-refractivity contribution is 6.34. The van der Waals surface area contributed by atoms with Crippen LogP contribution in [0.4, 0.5) is 18.9 Å². The third-order valence-electron chi connectivity index (χ3n) is 2.59. The second-order valence-electron chi connectivity index (χ2n) is 4.42. The first kappa shape index (κ1) is 15.8. The first-order chi connectivity index (χ1) is 8.64. The molecule has 0 bridgehead atoms. The molecule has 0 saturated heterocycles. The Morgan fingerprint density at radius 2 is 1.95 bits per heavy atom. The van der Waals surface area contributed by atoms with E-state index in [4.69, 9.17) is 17.3 Å². The van der Waals surface area contributed by atoms with E-state index in [-0.39, 0.29) is 10.9 Å². The number of anilines is 1. The van der Waals surface area contributed by atoms with Crippen molar-refractivity contribution in [1.82, 2.24) is 0 Å². The Morgan fingerprint density at radius 1 is 1.37 bits per heavy atom. The zero-order chi connectivity index (χ0) is 14.8. The van der Waals surface area contributed by atoms with Crippen LogP contribution in [0.1, 0.15) is 19.4 Å². The number of hydrogen-bond acceptors (Lipinski definition) is 2. The van der Waals surface area contributed by atoms with Gasteiger partial charge in [-0.3, -0.25) is 4.79 Å². The van der Waals surface area contributed by atoms with Crippen LogP contribution < -0.4 is 11.1 Å². The minimum Gasteiger partial charge on any atom is -0.323 e. The first-order valence-electron chi connectivity index (χ1n) is 5.56. The average Bonchev–Trinajstić information content (AvgIpc) is 2.28. The Labute approximate surface area is 113 Å². The second kappa shape index (κ2) is 5.79. The summed E-state index contributed by atoms with van der Waals surface area (Å²) in [5, 5.41) is 1.97. The van der Waals surface area contributed by atoms with Crippen molar-refractivity contribution in [1.29, 1.82) is 0 Å². The molecule has 0 aliphatic carbocycles. The van der Waals surface area contributed by atoms with Crippen molar-refractivity contribution < 1.29 is 18.0 Å². The molecule has 1 amide bonds. The van der Waals surface area contributed by atoms with Gasteiger partial charge in [0.25, 0.3) is 0 Å². The van der Waals surface area contributed by atoms with Gasteiger partial charge < -0.3 is 11.1 Å². The van der Waals surface area contributed by atoms with Crippen LogP contribution in [0.3, 0.4) is 0 Å². The van der Waals surface area contributed by atoms with Crippen molar-refractivity contribution in [3.63, 3.8) is 0 Å². The molecule has 1 atom stereocenters. The van der Waals surface area contributed by atoms with E-state index >= 15 is 0 Å². The molecular weight excluding hydrogens is 281 g/mol. The second-order valence-corrected chi connectivity index (χ2v) is 4.83. The van der Waals surface area contributed by atoms with Gasteiger partial charge in [0.15, 0.2) is 0 Å². The quantitative estimate of drug-likeness (QED) is 0.899. The Bertz CT molecular complexity index is 475. The summed E-state index contributed by atoms with van der Waals surface area (Å²) in [4.78, 5) is 11.7. The van der Waals surface area contributed by atoms with E-state index < -0.39 is 29.4 Å². The van der Waals surface area contributed by atoms with Gasteiger partial charge in [0.2, 0.25) is 5.91 Å². The minimum absolute atomic E-state index is 0.181. The largest absolute Gasteiger partial charge is 0.418 e. The van der Waals surface area contributed by atoms with Gasteiger partial charge in [-0.05, 0) is 18.1 Å². The van der Waals surface area contributed by atoms with Crippen molar-refractivity contribution in [3.8, 4) is 0 Å². The van der Waals surface area contributed by atoms with Crippen LogP contribution in [0.2, 0.25) is 5.02 Å². The maximum Gasteiger partial charge on any atom is 0.418 e. The van der Waals surface area contributed by atoms with Gasteiger partial charge >= 0.3 is 6.18 Å². The Hall–Kier alpha value is -1.27.